The van der Waals surface area contributed by atoms with Gasteiger partial charge in [0.1, 0.15) is 11.8 Å². The number of hydrogen-bond donors (Lipinski definition) is 4. The summed E-state index contributed by atoms with van der Waals surface area (Å²) in [6.45, 7) is 1.34. The summed E-state index contributed by atoms with van der Waals surface area (Å²) in [4.78, 5) is 90.3. The molecule has 0 bridgehead atoms. The third kappa shape index (κ3) is 7.16. The summed E-state index contributed by atoms with van der Waals surface area (Å²) in [6, 6.07) is 16.2. The largest absolute Gasteiger partial charge is 0.482 e. The van der Waals surface area contributed by atoms with Gasteiger partial charge in [-0.2, -0.15) is 0 Å². The fourth-order valence-corrected chi connectivity index (χ4v) is 6.45. The van der Waals surface area contributed by atoms with Gasteiger partial charge in [-0.05, 0) is 86.2 Å². The predicted molar refractivity (Wildman–Crippen MR) is 183 cm³/mol. The lowest BCUT2D eigenvalue weighted by atomic mass is 10.0. The predicted octanol–water partition coefficient (Wildman–Crippen LogP) is 2.85. The van der Waals surface area contributed by atoms with Crippen molar-refractivity contribution in [2.45, 2.75) is 57.2 Å². The van der Waals surface area contributed by atoms with Crippen molar-refractivity contribution in [1.82, 2.24) is 20.4 Å². The van der Waals surface area contributed by atoms with Crippen molar-refractivity contribution < 1.29 is 38.3 Å². The van der Waals surface area contributed by atoms with E-state index in [2.05, 4.69) is 21.3 Å². The van der Waals surface area contributed by atoms with Crippen LogP contribution in [0.5, 0.6) is 5.75 Å². The molecule has 14 heteroatoms. The number of benzene rings is 3. The first-order valence-electron chi connectivity index (χ1n) is 17.0. The van der Waals surface area contributed by atoms with Crippen LogP contribution in [0.3, 0.4) is 0 Å². The van der Waals surface area contributed by atoms with Crippen molar-refractivity contribution in [1.29, 1.82) is 0 Å². The molecule has 3 heterocycles. The van der Waals surface area contributed by atoms with E-state index in [0.29, 0.717) is 54.3 Å². The maximum Gasteiger partial charge on any atom is 0.262 e. The van der Waals surface area contributed by atoms with Crippen LogP contribution in [-0.4, -0.2) is 82.9 Å². The minimum absolute atomic E-state index is 0.0607. The van der Waals surface area contributed by atoms with E-state index in [0.717, 1.165) is 29.7 Å². The summed E-state index contributed by atoms with van der Waals surface area (Å²) in [5.74, 6) is -2.26. The number of nitrogens with one attached hydrogen (secondary N) is 4. The first-order chi connectivity index (χ1) is 24.7. The molecule has 1 atom stereocenters. The zero-order valence-corrected chi connectivity index (χ0v) is 27.7. The van der Waals surface area contributed by atoms with Crippen LogP contribution in [0.1, 0.15) is 85.5 Å². The van der Waals surface area contributed by atoms with E-state index >= 15 is 0 Å². The van der Waals surface area contributed by atoms with Gasteiger partial charge in [0.2, 0.25) is 11.8 Å². The van der Waals surface area contributed by atoms with E-state index in [1.54, 1.807) is 48.5 Å². The zero-order valence-electron chi connectivity index (χ0n) is 27.7. The quantitative estimate of drug-likeness (QED) is 0.164. The highest BCUT2D eigenvalue weighted by molar-refractivity contribution is 6.23. The molecule has 1 saturated carbocycles. The van der Waals surface area contributed by atoms with Crippen LogP contribution in [0.25, 0.3) is 0 Å². The van der Waals surface area contributed by atoms with E-state index in [4.69, 9.17) is 4.74 Å². The van der Waals surface area contributed by atoms with E-state index in [9.17, 15) is 33.6 Å². The molecule has 3 aromatic rings. The van der Waals surface area contributed by atoms with Crippen LogP contribution < -0.4 is 26.0 Å². The summed E-state index contributed by atoms with van der Waals surface area (Å²) < 4.78 is 5.48. The number of carbonyl (C=O) groups is 7. The number of imide groups is 2. The summed E-state index contributed by atoms with van der Waals surface area (Å²) in [5.41, 5.74) is 3.53. The minimum atomic E-state index is -1.01. The third-order valence-corrected chi connectivity index (χ3v) is 9.34. The van der Waals surface area contributed by atoms with Gasteiger partial charge in [-0.25, -0.2) is 0 Å². The average molecular weight is 693 g/mol. The lowest BCUT2D eigenvalue weighted by Crippen LogP contribution is -2.54. The van der Waals surface area contributed by atoms with Gasteiger partial charge in [-0.15, -0.1) is 0 Å². The van der Waals surface area contributed by atoms with Crippen LogP contribution in [-0.2, 0) is 20.9 Å². The standard InChI is InChI=1S/C37H36N6O8/c44-31-14-13-29(34(47)41-31)43-36(49)26-11-8-24(18-27(26)37(43)50)38-15-1-2-16-39-33(46)22-5-3-21(4-6-22)19-42(25-9-10-25)35(48)23-7-12-28-30(17-23)51-20-32(45)40-28/h3-8,11-12,17-18,25,29,38H,1-2,9-10,13-16,19-20H2,(H,39,46)(H,40,45)(H,41,44,47). The molecule has 3 aromatic carbocycles. The van der Waals surface area contributed by atoms with Crippen LogP contribution >= 0.6 is 0 Å². The van der Waals surface area contributed by atoms with Gasteiger partial charge in [-0.1, -0.05) is 12.1 Å². The minimum Gasteiger partial charge on any atom is -0.482 e. The first-order valence-corrected chi connectivity index (χ1v) is 17.0. The van der Waals surface area contributed by atoms with Crippen molar-refractivity contribution in [2.75, 3.05) is 30.3 Å². The Balaban J connectivity index is 0.854. The second-order valence-electron chi connectivity index (χ2n) is 13.0. The van der Waals surface area contributed by atoms with Crippen LogP contribution in [0.2, 0.25) is 0 Å². The molecule has 1 saturated heterocycles. The number of carbonyl (C=O) groups excluding carboxylic acids is 7. The topological polar surface area (TPSA) is 183 Å². The van der Waals surface area contributed by atoms with Gasteiger partial charge in [0.05, 0.1) is 16.8 Å². The van der Waals surface area contributed by atoms with Crippen LogP contribution in [0.4, 0.5) is 11.4 Å². The molecule has 14 nitrogen and oxygen atoms in total. The summed E-state index contributed by atoms with van der Waals surface area (Å²) in [7, 11) is 0. The van der Waals surface area contributed by atoms with E-state index in [1.807, 2.05) is 17.0 Å². The summed E-state index contributed by atoms with van der Waals surface area (Å²) in [5, 5.41) is 11.1. The van der Waals surface area contributed by atoms with E-state index in [1.165, 1.54) is 0 Å². The molecular weight excluding hydrogens is 656 g/mol. The highest BCUT2D eigenvalue weighted by atomic mass is 16.5. The average Bonchev–Trinajstić information content (AvgIpc) is 3.94. The van der Waals surface area contributed by atoms with Crippen molar-refractivity contribution in [3.8, 4) is 5.75 Å². The van der Waals surface area contributed by atoms with E-state index in [-0.39, 0.29) is 54.3 Å². The molecule has 4 aliphatic rings. The maximum absolute atomic E-state index is 13.5. The molecule has 7 amide bonds. The number of unbranched alkanes of at least 4 members (excludes halogenated alkanes) is 1. The lowest BCUT2D eigenvalue weighted by Gasteiger charge is -2.27. The number of fused-ring (bicyclic) bond motifs is 2. The Labute approximate surface area is 292 Å². The van der Waals surface area contributed by atoms with Crippen LogP contribution in [0, 0.1) is 0 Å². The van der Waals surface area contributed by atoms with Gasteiger partial charge in [0, 0.05) is 48.9 Å². The van der Waals surface area contributed by atoms with Gasteiger partial charge >= 0.3 is 0 Å². The highest BCUT2D eigenvalue weighted by Gasteiger charge is 2.44. The normalized spacial score (nSPS) is 17.9. The Kier molecular flexibility index (Phi) is 9.22. The number of anilines is 2. The molecule has 7 rings (SSSR count). The Morgan fingerprint density at radius 3 is 2.31 bits per heavy atom. The summed E-state index contributed by atoms with van der Waals surface area (Å²) in [6.07, 6.45) is 3.44. The summed E-state index contributed by atoms with van der Waals surface area (Å²) >= 11 is 0. The number of ether oxygens (including phenoxy) is 1. The first kappa shape index (κ1) is 33.4. The molecule has 3 aliphatic heterocycles. The van der Waals surface area contributed by atoms with Gasteiger partial charge in [0.25, 0.3) is 29.5 Å². The van der Waals surface area contributed by atoms with Crippen molar-refractivity contribution in [2.24, 2.45) is 0 Å². The van der Waals surface area contributed by atoms with Crippen molar-refractivity contribution in [3.05, 3.63) is 88.5 Å². The van der Waals surface area contributed by atoms with Gasteiger partial charge < -0.3 is 25.6 Å². The Morgan fingerprint density at radius 1 is 0.804 bits per heavy atom. The molecule has 0 spiro atoms. The number of rotatable bonds is 12. The van der Waals surface area contributed by atoms with Crippen LogP contribution in [0.15, 0.2) is 60.7 Å². The molecule has 1 aliphatic carbocycles. The fourth-order valence-electron chi connectivity index (χ4n) is 6.45. The number of nitrogens with zero attached hydrogens (tertiary/aromatic N) is 2. The zero-order chi connectivity index (χ0) is 35.6. The molecule has 1 unspecified atom stereocenters. The monoisotopic (exact) mass is 692 g/mol. The Hall–Kier alpha value is -6.05. The molecule has 0 aromatic heterocycles. The molecule has 2 fully saturated rings. The second-order valence-corrected chi connectivity index (χ2v) is 13.0. The molecule has 262 valence electrons. The smallest absolute Gasteiger partial charge is 0.262 e. The Morgan fingerprint density at radius 2 is 1.55 bits per heavy atom. The van der Waals surface area contributed by atoms with Crippen molar-refractivity contribution in [3.63, 3.8) is 0 Å². The number of hydrogen-bond acceptors (Lipinski definition) is 9. The maximum atomic E-state index is 13.5. The van der Waals surface area contributed by atoms with Gasteiger partial charge in [0.15, 0.2) is 6.61 Å². The van der Waals surface area contributed by atoms with Gasteiger partial charge in [-0.3, -0.25) is 43.8 Å². The van der Waals surface area contributed by atoms with Crippen molar-refractivity contribution >= 4 is 52.7 Å². The number of piperidine rings is 1. The SMILES string of the molecule is O=C1CCC(N2C(=O)c3ccc(NCCCCNC(=O)c4ccc(CN(C(=O)c5ccc6c(c5)OCC(=O)N6)C5CC5)cc4)cc3C2=O)C(=O)N1. The highest BCUT2D eigenvalue weighted by Crippen LogP contribution is 2.33. The third-order valence-electron chi connectivity index (χ3n) is 9.34. The Bertz CT molecular complexity index is 1960. The second kappa shape index (κ2) is 14.1. The fraction of sp³-hybridized carbons (Fsp3) is 0.324. The number of amides is 7. The molecule has 51 heavy (non-hydrogen) atoms. The van der Waals surface area contributed by atoms with E-state index < -0.39 is 29.7 Å². The molecule has 4 N–H and O–H groups in total. The molecular formula is C37H36N6O8. The lowest BCUT2D eigenvalue weighted by molar-refractivity contribution is -0.136. The molecule has 0 radical (unpaired) electrons.